The van der Waals surface area contributed by atoms with Crippen molar-refractivity contribution in [2.75, 3.05) is 5.32 Å². The van der Waals surface area contributed by atoms with E-state index in [-0.39, 0.29) is 5.91 Å². The first-order chi connectivity index (χ1) is 9.15. The number of ether oxygens (including phenoxy) is 1. The Morgan fingerprint density at radius 2 is 2.05 bits per heavy atom. The van der Waals surface area contributed by atoms with Gasteiger partial charge in [0, 0.05) is 23.1 Å². The Morgan fingerprint density at radius 1 is 1.32 bits per heavy atom. The van der Waals surface area contributed by atoms with Gasteiger partial charge >= 0.3 is 0 Å². The number of rotatable bonds is 4. The molecular weight excluding hydrogens is 264 g/mol. The maximum Gasteiger partial charge on any atom is 0.265 e. The molecule has 1 amide bonds. The van der Waals surface area contributed by atoms with Gasteiger partial charge in [-0.05, 0) is 37.3 Å². The van der Waals surface area contributed by atoms with E-state index in [0.29, 0.717) is 16.5 Å². The number of anilines is 1. The van der Waals surface area contributed by atoms with Crippen LogP contribution in [-0.4, -0.2) is 17.0 Å². The van der Waals surface area contributed by atoms with Crippen molar-refractivity contribution >= 4 is 23.2 Å². The number of nitrogens with zero attached hydrogens (tertiary/aromatic N) is 1. The zero-order valence-electron chi connectivity index (χ0n) is 10.3. The van der Waals surface area contributed by atoms with E-state index in [1.54, 1.807) is 55.7 Å². The summed E-state index contributed by atoms with van der Waals surface area (Å²) in [6.07, 6.45) is 2.60. The molecule has 0 radical (unpaired) electrons. The lowest BCUT2D eigenvalue weighted by molar-refractivity contribution is -0.122. The average Bonchev–Trinajstić information content (AvgIpc) is 2.40. The fraction of sp³-hybridized carbons (Fsp3) is 0.143. The molecule has 0 saturated heterocycles. The van der Waals surface area contributed by atoms with E-state index in [0.717, 1.165) is 0 Å². The minimum Gasteiger partial charge on any atom is -0.481 e. The van der Waals surface area contributed by atoms with E-state index < -0.39 is 6.10 Å². The highest BCUT2D eigenvalue weighted by atomic mass is 35.5. The van der Waals surface area contributed by atoms with Crippen molar-refractivity contribution in [3.05, 3.63) is 53.8 Å². The van der Waals surface area contributed by atoms with Gasteiger partial charge in [-0.25, -0.2) is 0 Å². The highest BCUT2D eigenvalue weighted by Crippen LogP contribution is 2.18. The molecule has 1 atom stereocenters. The van der Waals surface area contributed by atoms with Crippen molar-refractivity contribution in [2.45, 2.75) is 13.0 Å². The van der Waals surface area contributed by atoms with Gasteiger partial charge in [0.2, 0.25) is 0 Å². The minimum atomic E-state index is -0.619. The molecule has 5 heteroatoms. The van der Waals surface area contributed by atoms with Crippen molar-refractivity contribution in [3.63, 3.8) is 0 Å². The van der Waals surface area contributed by atoms with Gasteiger partial charge in [-0.3, -0.25) is 9.78 Å². The maximum absolute atomic E-state index is 11.9. The van der Waals surface area contributed by atoms with Crippen LogP contribution in [-0.2, 0) is 4.79 Å². The van der Waals surface area contributed by atoms with Crippen molar-refractivity contribution < 1.29 is 9.53 Å². The second kappa shape index (κ2) is 6.20. The van der Waals surface area contributed by atoms with Crippen LogP contribution >= 0.6 is 11.6 Å². The third-order valence-electron chi connectivity index (χ3n) is 2.43. The van der Waals surface area contributed by atoms with Gasteiger partial charge in [-0.1, -0.05) is 17.7 Å². The summed E-state index contributed by atoms with van der Waals surface area (Å²) in [6.45, 7) is 1.68. The lowest BCUT2D eigenvalue weighted by Gasteiger charge is -2.14. The summed E-state index contributed by atoms with van der Waals surface area (Å²) in [5.74, 6) is 0.330. The lowest BCUT2D eigenvalue weighted by atomic mass is 10.3. The monoisotopic (exact) mass is 276 g/mol. The van der Waals surface area contributed by atoms with Crippen molar-refractivity contribution in [1.82, 2.24) is 4.98 Å². The summed E-state index contributed by atoms with van der Waals surface area (Å²) in [7, 11) is 0. The number of carbonyl (C=O) groups excluding carboxylic acids is 1. The highest BCUT2D eigenvalue weighted by Gasteiger charge is 2.14. The van der Waals surface area contributed by atoms with Gasteiger partial charge in [-0.2, -0.15) is 0 Å². The molecule has 0 aliphatic carbocycles. The third-order valence-corrected chi connectivity index (χ3v) is 2.66. The van der Waals surface area contributed by atoms with Crippen LogP contribution in [0.25, 0.3) is 0 Å². The Hall–Kier alpha value is -2.07. The van der Waals surface area contributed by atoms with Gasteiger partial charge in [-0.15, -0.1) is 0 Å². The number of hydrogen-bond donors (Lipinski definition) is 1. The summed E-state index contributed by atoms with van der Waals surface area (Å²) in [5, 5.41) is 3.31. The molecule has 0 aliphatic rings. The molecule has 0 unspecified atom stereocenters. The maximum atomic E-state index is 11.9. The summed E-state index contributed by atoms with van der Waals surface area (Å²) in [5.41, 5.74) is 0.682. The van der Waals surface area contributed by atoms with E-state index in [1.165, 1.54) is 0 Å². The SMILES string of the molecule is C[C@@H](Oc1cccc(Cl)c1)C(=O)Nc1ccncc1. The molecule has 19 heavy (non-hydrogen) atoms. The largest absolute Gasteiger partial charge is 0.481 e. The van der Waals surface area contributed by atoms with Crippen LogP contribution in [0.4, 0.5) is 5.69 Å². The van der Waals surface area contributed by atoms with E-state index in [9.17, 15) is 4.79 Å². The van der Waals surface area contributed by atoms with Gasteiger partial charge in [0.1, 0.15) is 5.75 Å². The molecule has 0 spiro atoms. The van der Waals surface area contributed by atoms with Crippen LogP contribution < -0.4 is 10.1 Å². The van der Waals surface area contributed by atoms with Gasteiger partial charge in [0.15, 0.2) is 6.10 Å². The Kier molecular flexibility index (Phi) is 4.36. The van der Waals surface area contributed by atoms with E-state index in [4.69, 9.17) is 16.3 Å². The van der Waals surface area contributed by atoms with Crippen molar-refractivity contribution in [1.29, 1.82) is 0 Å². The van der Waals surface area contributed by atoms with Crippen LogP contribution in [0, 0.1) is 0 Å². The molecule has 0 aliphatic heterocycles. The Bertz CT molecular complexity index is 560. The first-order valence-corrected chi connectivity index (χ1v) is 6.16. The quantitative estimate of drug-likeness (QED) is 0.933. The van der Waals surface area contributed by atoms with Crippen molar-refractivity contribution in [2.24, 2.45) is 0 Å². The number of aromatic nitrogens is 1. The number of hydrogen-bond acceptors (Lipinski definition) is 3. The Balaban J connectivity index is 1.96. The molecule has 1 N–H and O–H groups in total. The fourth-order valence-electron chi connectivity index (χ4n) is 1.48. The molecule has 4 nitrogen and oxygen atoms in total. The zero-order chi connectivity index (χ0) is 13.7. The summed E-state index contributed by atoms with van der Waals surface area (Å²) in [6, 6.07) is 10.4. The molecule has 1 heterocycles. The average molecular weight is 277 g/mol. The highest BCUT2D eigenvalue weighted by molar-refractivity contribution is 6.30. The summed E-state index contributed by atoms with van der Waals surface area (Å²) < 4.78 is 5.52. The van der Waals surface area contributed by atoms with Crippen LogP contribution in [0.15, 0.2) is 48.8 Å². The molecule has 1 aromatic carbocycles. The van der Waals surface area contributed by atoms with Gasteiger partial charge in [0.05, 0.1) is 0 Å². The lowest BCUT2D eigenvalue weighted by Crippen LogP contribution is -2.30. The van der Waals surface area contributed by atoms with Gasteiger partial charge in [0.25, 0.3) is 5.91 Å². The third kappa shape index (κ3) is 3.96. The van der Waals surface area contributed by atoms with Crippen LogP contribution in [0.1, 0.15) is 6.92 Å². The number of amides is 1. The molecular formula is C14H13ClN2O2. The smallest absolute Gasteiger partial charge is 0.265 e. The van der Waals surface area contributed by atoms with Crippen molar-refractivity contribution in [3.8, 4) is 5.75 Å². The second-order valence-corrected chi connectivity index (χ2v) is 4.38. The predicted molar refractivity (Wildman–Crippen MR) is 74.4 cm³/mol. The molecule has 0 bridgehead atoms. The van der Waals surface area contributed by atoms with Crippen LogP contribution in [0.2, 0.25) is 5.02 Å². The molecule has 0 saturated carbocycles. The normalized spacial score (nSPS) is 11.7. The topological polar surface area (TPSA) is 51.2 Å². The van der Waals surface area contributed by atoms with Crippen LogP contribution in [0.3, 0.4) is 0 Å². The molecule has 2 aromatic rings. The minimum absolute atomic E-state index is 0.230. The Labute approximate surface area is 116 Å². The summed E-state index contributed by atoms with van der Waals surface area (Å²) in [4.78, 5) is 15.8. The number of pyridine rings is 1. The predicted octanol–water partition coefficient (Wildman–Crippen LogP) is 3.14. The molecule has 98 valence electrons. The zero-order valence-corrected chi connectivity index (χ0v) is 11.1. The Morgan fingerprint density at radius 3 is 2.74 bits per heavy atom. The standard InChI is InChI=1S/C14H13ClN2O2/c1-10(19-13-4-2-3-11(15)9-13)14(18)17-12-5-7-16-8-6-12/h2-10H,1H3,(H,16,17,18)/t10-/m1/s1. The number of halogens is 1. The number of nitrogens with one attached hydrogen (secondary N) is 1. The summed E-state index contributed by atoms with van der Waals surface area (Å²) >= 11 is 5.85. The number of benzene rings is 1. The second-order valence-electron chi connectivity index (χ2n) is 3.94. The molecule has 2 rings (SSSR count). The molecule has 1 aromatic heterocycles. The number of carbonyl (C=O) groups is 1. The van der Waals surface area contributed by atoms with E-state index in [1.807, 2.05) is 0 Å². The van der Waals surface area contributed by atoms with E-state index in [2.05, 4.69) is 10.3 Å². The van der Waals surface area contributed by atoms with Crippen LogP contribution in [0.5, 0.6) is 5.75 Å². The van der Waals surface area contributed by atoms with Gasteiger partial charge < -0.3 is 10.1 Å². The first kappa shape index (κ1) is 13.4. The fourth-order valence-corrected chi connectivity index (χ4v) is 1.66. The molecule has 0 fully saturated rings. The van der Waals surface area contributed by atoms with E-state index >= 15 is 0 Å². The first-order valence-electron chi connectivity index (χ1n) is 5.78.